The van der Waals surface area contributed by atoms with Crippen LogP contribution >= 0.6 is 0 Å². The van der Waals surface area contributed by atoms with Gasteiger partial charge in [-0.3, -0.25) is 14.4 Å². The molecule has 33 heavy (non-hydrogen) atoms. The number of benzene rings is 3. The van der Waals surface area contributed by atoms with E-state index in [0.717, 1.165) is 5.56 Å². The van der Waals surface area contributed by atoms with E-state index in [1.807, 2.05) is 54.6 Å². The standard InChI is InChI=1S/C26H21N3O4/c1-17(30)18-11-13-20(14-12-18)27-24(31)16-28-26-22(15-19-7-5-6-10-23(19)33-26)25(32)29(28)21-8-3-2-4-9-21/h2-14H,15-16H2,1H3,(H,27,31). The van der Waals surface area contributed by atoms with Crippen molar-refractivity contribution in [1.82, 2.24) is 9.36 Å². The fraction of sp³-hybridized carbons (Fsp3) is 0.115. The maximum Gasteiger partial charge on any atom is 0.278 e. The Hall–Kier alpha value is -4.39. The maximum absolute atomic E-state index is 13.4. The van der Waals surface area contributed by atoms with Gasteiger partial charge in [-0.15, -0.1) is 0 Å². The Labute approximate surface area is 189 Å². The molecule has 1 aliphatic heterocycles. The predicted molar refractivity (Wildman–Crippen MR) is 124 cm³/mol. The van der Waals surface area contributed by atoms with Gasteiger partial charge in [0.15, 0.2) is 5.78 Å². The summed E-state index contributed by atoms with van der Waals surface area (Å²) in [5.74, 6) is 0.667. The molecule has 0 spiro atoms. The molecule has 1 aromatic heterocycles. The van der Waals surface area contributed by atoms with Crippen LogP contribution in [0.3, 0.4) is 0 Å². The van der Waals surface area contributed by atoms with E-state index in [9.17, 15) is 14.4 Å². The lowest BCUT2D eigenvalue weighted by Crippen LogP contribution is -2.27. The molecule has 1 aliphatic rings. The van der Waals surface area contributed by atoms with E-state index < -0.39 is 0 Å². The van der Waals surface area contributed by atoms with Crippen LogP contribution in [0.15, 0.2) is 83.7 Å². The Balaban J connectivity index is 1.52. The normalized spacial score (nSPS) is 11.8. The highest BCUT2D eigenvalue weighted by atomic mass is 16.5. The molecule has 7 nitrogen and oxygen atoms in total. The Morgan fingerprint density at radius 2 is 1.64 bits per heavy atom. The zero-order chi connectivity index (χ0) is 22.9. The van der Waals surface area contributed by atoms with Crippen LogP contribution in [0, 0.1) is 0 Å². The Morgan fingerprint density at radius 3 is 2.36 bits per heavy atom. The summed E-state index contributed by atoms with van der Waals surface area (Å²) in [5.41, 5.74) is 2.99. The van der Waals surface area contributed by atoms with Crippen LogP contribution < -0.4 is 15.6 Å². The summed E-state index contributed by atoms with van der Waals surface area (Å²) in [5, 5.41) is 2.83. The fourth-order valence-corrected chi connectivity index (χ4v) is 3.98. The highest BCUT2D eigenvalue weighted by molar-refractivity contribution is 5.95. The molecule has 0 aliphatic carbocycles. The summed E-state index contributed by atoms with van der Waals surface area (Å²) >= 11 is 0. The number of aromatic nitrogens is 2. The molecule has 4 aromatic rings. The van der Waals surface area contributed by atoms with Gasteiger partial charge in [0.1, 0.15) is 12.3 Å². The Kier molecular flexibility index (Phi) is 5.14. The first-order valence-corrected chi connectivity index (χ1v) is 10.6. The third-order valence-corrected chi connectivity index (χ3v) is 5.60. The van der Waals surface area contributed by atoms with Gasteiger partial charge in [0.2, 0.25) is 11.8 Å². The van der Waals surface area contributed by atoms with Crippen molar-refractivity contribution in [3.8, 4) is 17.3 Å². The van der Waals surface area contributed by atoms with Gasteiger partial charge < -0.3 is 10.1 Å². The smallest absolute Gasteiger partial charge is 0.278 e. The Morgan fingerprint density at radius 1 is 0.939 bits per heavy atom. The molecule has 0 radical (unpaired) electrons. The van der Waals surface area contributed by atoms with Crippen LogP contribution in [0.5, 0.6) is 11.6 Å². The molecular formula is C26H21N3O4. The minimum absolute atomic E-state index is 0.0452. The highest BCUT2D eigenvalue weighted by Crippen LogP contribution is 2.35. The highest BCUT2D eigenvalue weighted by Gasteiger charge is 2.29. The second-order valence-electron chi connectivity index (χ2n) is 7.86. The van der Waals surface area contributed by atoms with Crippen molar-refractivity contribution in [3.05, 3.63) is 106 Å². The molecule has 0 unspecified atom stereocenters. The second kappa shape index (κ2) is 8.27. The lowest BCUT2D eigenvalue weighted by atomic mass is 10.0. The number of amides is 1. The van der Waals surface area contributed by atoms with Crippen LogP contribution in [0.2, 0.25) is 0 Å². The number of carbonyl (C=O) groups is 2. The lowest BCUT2D eigenvalue weighted by molar-refractivity contribution is -0.117. The molecule has 3 aromatic carbocycles. The lowest BCUT2D eigenvalue weighted by Gasteiger charge is -2.19. The van der Waals surface area contributed by atoms with E-state index in [0.29, 0.717) is 40.6 Å². The first-order chi connectivity index (χ1) is 16.0. The molecule has 5 rings (SSSR count). The zero-order valence-corrected chi connectivity index (χ0v) is 17.9. The van der Waals surface area contributed by atoms with Gasteiger partial charge in [-0.1, -0.05) is 36.4 Å². The Bertz CT molecular complexity index is 1420. The topological polar surface area (TPSA) is 82.3 Å². The number of rotatable bonds is 5. The van der Waals surface area contributed by atoms with E-state index >= 15 is 0 Å². The second-order valence-corrected chi connectivity index (χ2v) is 7.86. The van der Waals surface area contributed by atoms with Crippen LogP contribution in [-0.2, 0) is 17.8 Å². The van der Waals surface area contributed by atoms with Gasteiger partial charge in [0, 0.05) is 17.7 Å². The molecule has 7 heteroatoms. The minimum atomic E-state index is -0.324. The summed E-state index contributed by atoms with van der Waals surface area (Å²) in [6.45, 7) is 1.36. The number of anilines is 1. The maximum atomic E-state index is 13.4. The fourth-order valence-electron chi connectivity index (χ4n) is 3.98. The number of nitrogens with one attached hydrogen (secondary N) is 1. The molecule has 0 saturated carbocycles. The third-order valence-electron chi connectivity index (χ3n) is 5.60. The molecule has 1 N–H and O–H groups in total. The van der Waals surface area contributed by atoms with Crippen molar-refractivity contribution in [2.45, 2.75) is 19.9 Å². The summed E-state index contributed by atoms with van der Waals surface area (Å²) in [6, 6.07) is 23.4. The van der Waals surface area contributed by atoms with Gasteiger partial charge in [-0.2, -0.15) is 0 Å². The number of nitrogens with zero attached hydrogens (tertiary/aromatic N) is 2. The van der Waals surface area contributed by atoms with Crippen molar-refractivity contribution in [2.24, 2.45) is 0 Å². The third kappa shape index (κ3) is 3.85. The molecule has 2 heterocycles. The summed E-state index contributed by atoms with van der Waals surface area (Å²) < 4.78 is 9.16. The van der Waals surface area contributed by atoms with Crippen molar-refractivity contribution in [2.75, 3.05) is 5.32 Å². The number of carbonyl (C=O) groups excluding carboxylic acids is 2. The zero-order valence-electron chi connectivity index (χ0n) is 17.9. The predicted octanol–water partition coefficient (Wildman–Crippen LogP) is 4.18. The molecular weight excluding hydrogens is 418 g/mol. The van der Waals surface area contributed by atoms with E-state index in [2.05, 4.69) is 5.32 Å². The molecule has 1 amide bonds. The van der Waals surface area contributed by atoms with Gasteiger partial charge in [0.05, 0.1) is 11.3 Å². The number of Topliss-reactive ketones (excluding diaryl/α,β-unsaturated/α-hetero) is 1. The van der Waals surface area contributed by atoms with Crippen molar-refractivity contribution >= 4 is 17.4 Å². The molecule has 0 atom stereocenters. The van der Waals surface area contributed by atoms with E-state index in [1.165, 1.54) is 11.6 Å². The number of ketones is 1. The van der Waals surface area contributed by atoms with Crippen molar-refractivity contribution in [1.29, 1.82) is 0 Å². The van der Waals surface area contributed by atoms with Crippen LogP contribution in [0.25, 0.3) is 5.69 Å². The summed E-state index contributed by atoms with van der Waals surface area (Å²) in [6.07, 6.45) is 0.429. The quantitative estimate of drug-likeness (QED) is 0.417. The van der Waals surface area contributed by atoms with Crippen LogP contribution in [0.4, 0.5) is 5.69 Å². The summed E-state index contributed by atoms with van der Waals surface area (Å²) in [7, 11) is 0. The monoisotopic (exact) mass is 439 g/mol. The molecule has 164 valence electrons. The number of hydrogen-bond acceptors (Lipinski definition) is 4. The number of para-hydroxylation sites is 2. The number of hydrogen-bond donors (Lipinski definition) is 1. The minimum Gasteiger partial charge on any atom is -0.439 e. The van der Waals surface area contributed by atoms with Gasteiger partial charge in [-0.05, 0) is 55.0 Å². The van der Waals surface area contributed by atoms with E-state index in [-0.39, 0.29) is 23.8 Å². The van der Waals surface area contributed by atoms with E-state index in [1.54, 1.807) is 28.9 Å². The van der Waals surface area contributed by atoms with Crippen molar-refractivity contribution < 1.29 is 14.3 Å². The van der Waals surface area contributed by atoms with Crippen molar-refractivity contribution in [3.63, 3.8) is 0 Å². The average molecular weight is 439 g/mol. The van der Waals surface area contributed by atoms with E-state index in [4.69, 9.17) is 4.74 Å². The first-order valence-electron chi connectivity index (χ1n) is 10.6. The molecule has 0 bridgehead atoms. The number of fused-ring (bicyclic) bond motifs is 2. The van der Waals surface area contributed by atoms with Gasteiger partial charge >= 0.3 is 0 Å². The SMILES string of the molecule is CC(=O)c1ccc(NC(=O)Cn2c3c(c(=O)n2-c2ccccc2)Cc2ccccc2O3)cc1. The molecule has 0 fully saturated rings. The average Bonchev–Trinajstić information content (AvgIpc) is 3.09. The van der Waals surface area contributed by atoms with Crippen LogP contribution in [-0.4, -0.2) is 21.1 Å². The number of ether oxygens (including phenoxy) is 1. The molecule has 0 saturated heterocycles. The van der Waals surface area contributed by atoms with Gasteiger partial charge in [-0.25, -0.2) is 9.36 Å². The largest absolute Gasteiger partial charge is 0.439 e. The van der Waals surface area contributed by atoms with Crippen LogP contribution in [0.1, 0.15) is 28.4 Å². The summed E-state index contributed by atoms with van der Waals surface area (Å²) in [4.78, 5) is 37.8. The van der Waals surface area contributed by atoms with Gasteiger partial charge in [0.25, 0.3) is 5.56 Å². The first kappa shape index (κ1) is 20.5.